The number of anilines is 2. The highest BCUT2D eigenvalue weighted by Crippen LogP contribution is 2.33. The molecule has 138 valence electrons. The van der Waals surface area contributed by atoms with E-state index in [0.717, 1.165) is 5.69 Å². The van der Waals surface area contributed by atoms with E-state index in [4.69, 9.17) is 0 Å². The summed E-state index contributed by atoms with van der Waals surface area (Å²) in [4.78, 5) is 16.8. The number of rotatable bonds is 5. The van der Waals surface area contributed by atoms with Gasteiger partial charge in [-0.25, -0.2) is 9.37 Å². The van der Waals surface area contributed by atoms with Crippen LogP contribution >= 0.6 is 0 Å². The number of benzene rings is 1. The van der Waals surface area contributed by atoms with Crippen molar-refractivity contribution in [1.29, 1.82) is 0 Å². The van der Waals surface area contributed by atoms with Crippen LogP contribution in [0.15, 0.2) is 36.5 Å². The second kappa shape index (κ2) is 7.65. The molecule has 1 fully saturated rings. The molecule has 3 rings (SSSR count). The van der Waals surface area contributed by atoms with Crippen LogP contribution < -0.4 is 10.2 Å². The minimum absolute atomic E-state index is 0.126. The highest BCUT2D eigenvalue weighted by atomic mass is 19.1. The molecule has 0 aliphatic carbocycles. The zero-order valence-corrected chi connectivity index (χ0v) is 14.4. The van der Waals surface area contributed by atoms with Gasteiger partial charge in [-0.05, 0) is 44.0 Å². The number of hydrogen-bond donors (Lipinski definition) is 2. The Hall–Kier alpha value is -2.74. The van der Waals surface area contributed by atoms with Gasteiger partial charge in [0, 0.05) is 36.6 Å². The lowest BCUT2D eigenvalue weighted by molar-refractivity contribution is -0.384. The molecule has 0 amide bonds. The van der Waals surface area contributed by atoms with Gasteiger partial charge in [0.05, 0.1) is 17.1 Å². The zero-order chi connectivity index (χ0) is 18.7. The van der Waals surface area contributed by atoms with Gasteiger partial charge in [-0.3, -0.25) is 10.1 Å². The highest BCUT2D eigenvalue weighted by molar-refractivity contribution is 5.60. The van der Waals surface area contributed by atoms with Crippen molar-refractivity contribution >= 4 is 17.2 Å². The van der Waals surface area contributed by atoms with Crippen LogP contribution in [0.1, 0.15) is 31.4 Å². The monoisotopic (exact) mass is 360 g/mol. The van der Waals surface area contributed by atoms with Crippen molar-refractivity contribution in [2.45, 2.75) is 31.9 Å². The molecule has 7 nitrogen and oxygen atoms in total. The molecular formula is C18H21FN4O3. The number of piperidine rings is 1. The van der Waals surface area contributed by atoms with E-state index >= 15 is 0 Å². The molecule has 26 heavy (non-hydrogen) atoms. The number of nitro groups is 1. The SMILES string of the molecule is CC(Nc1ncccc1[N+](=O)[O-])c1cc(F)ccc1N1CCC(O)CC1. The predicted octanol–water partition coefficient (Wildman–Crippen LogP) is 3.26. The molecule has 1 atom stereocenters. The summed E-state index contributed by atoms with van der Waals surface area (Å²) in [6, 6.07) is 7.04. The average Bonchev–Trinajstić information content (AvgIpc) is 2.63. The first-order chi connectivity index (χ1) is 12.5. The molecule has 1 saturated heterocycles. The summed E-state index contributed by atoms with van der Waals surface area (Å²) in [5, 5.41) is 23.9. The summed E-state index contributed by atoms with van der Waals surface area (Å²) in [5.74, 6) is -0.223. The zero-order valence-electron chi connectivity index (χ0n) is 14.4. The normalized spacial score (nSPS) is 16.3. The Labute approximate surface area is 150 Å². The van der Waals surface area contributed by atoms with Gasteiger partial charge in [0.1, 0.15) is 5.82 Å². The first kappa shape index (κ1) is 18.1. The van der Waals surface area contributed by atoms with E-state index in [2.05, 4.69) is 15.2 Å². The van der Waals surface area contributed by atoms with E-state index in [-0.39, 0.29) is 29.5 Å². The molecule has 1 unspecified atom stereocenters. The standard InChI is InChI=1S/C18H21FN4O3/c1-12(21-18-17(23(25)26)3-2-8-20-18)15-11-13(19)4-5-16(15)22-9-6-14(24)7-10-22/h2-5,8,11-12,14,24H,6-7,9-10H2,1H3,(H,20,21). The largest absolute Gasteiger partial charge is 0.393 e. The Bertz CT molecular complexity index is 794. The third-order valence-corrected chi connectivity index (χ3v) is 4.60. The van der Waals surface area contributed by atoms with Crippen molar-refractivity contribution in [3.05, 3.63) is 58.0 Å². The molecule has 1 aliphatic heterocycles. The third kappa shape index (κ3) is 3.91. The van der Waals surface area contributed by atoms with Crippen LogP contribution in [0.5, 0.6) is 0 Å². The number of halogens is 1. The Morgan fingerprint density at radius 1 is 1.38 bits per heavy atom. The Morgan fingerprint density at radius 2 is 2.12 bits per heavy atom. The van der Waals surface area contributed by atoms with Crippen molar-refractivity contribution in [2.75, 3.05) is 23.3 Å². The summed E-state index contributed by atoms with van der Waals surface area (Å²) in [6.07, 6.45) is 2.48. The molecule has 1 aromatic heterocycles. The molecule has 0 saturated carbocycles. The number of nitrogens with zero attached hydrogens (tertiary/aromatic N) is 3. The van der Waals surface area contributed by atoms with Crippen LogP contribution in [-0.2, 0) is 0 Å². The van der Waals surface area contributed by atoms with Crippen LogP contribution in [0.2, 0.25) is 0 Å². The van der Waals surface area contributed by atoms with Gasteiger partial charge in [-0.15, -0.1) is 0 Å². The lowest BCUT2D eigenvalue weighted by Crippen LogP contribution is -2.36. The molecular weight excluding hydrogens is 339 g/mol. The van der Waals surface area contributed by atoms with Crippen molar-refractivity contribution in [2.24, 2.45) is 0 Å². The minimum atomic E-state index is -0.499. The van der Waals surface area contributed by atoms with Gasteiger partial charge in [-0.2, -0.15) is 0 Å². The van der Waals surface area contributed by atoms with Gasteiger partial charge < -0.3 is 15.3 Å². The number of pyridine rings is 1. The molecule has 2 aromatic rings. The Morgan fingerprint density at radius 3 is 2.81 bits per heavy atom. The summed E-state index contributed by atoms with van der Waals surface area (Å²) < 4.78 is 13.9. The molecule has 1 aromatic carbocycles. The molecule has 0 bridgehead atoms. The molecule has 0 spiro atoms. The topological polar surface area (TPSA) is 91.5 Å². The maximum Gasteiger partial charge on any atom is 0.311 e. The first-order valence-electron chi connectivity index (χ1n) is 8.54. The van der Waals surface area contributed by atoms with Crippen molar-refractivity contribution in [1.82, 2.24) is 4.98 Å². The van der Waals surface area contributed by atoms with E-state index < -0.39 is 4.92 Å². The van der Waals surface area contributed by atoms with Gasteiger partial charge in [0.2, 0.25) is 5.82 Å². The van der Waals surface area contributed by atoms with Crippen molar-refractivity contribution in [3.63, 3.8) is 0 Å². The minimum Gasteiger partial charge on any atom is -0.393 e. The molecule has 8 heteroatoms. The summed E-state index contributed by atoms with van der Waals surface area (Å²) >= 11 is 0. The second-order valence-corrected chi connectivity index (χ2v) is 6.42. The third-order valence-electron chi connectivity index (χ3n) is 4.60. The predicted molar refractivity (Wildman–Crippen MR) is 96.8 cm³/mol. The van der Waals surface area contributed by atoms with Crippen LogP contribution in [0.4, 0.5) is 21.6 Å². The molecule has 1 aliphatic rings. The van der Waals surface area contributed by atoms with E-state index in [1.54, 1.807) is 6.07 Å². The fourth-order valence-corrected chi connectivity index (χ4v) is 3.21. The fourth-order valence-electron chi connectivity index (χ4n) is 3.21. The number of aliphatic hydroxyl groups excluding tert-OH is 1. The van der Waals surface area contributed by atoms with Gasteiger partial charge in [0.15, 0.2) is 0 Å². The number of aliphatic hydroxyl groups is 1. The summed E-state index contributed by atoms with van der Waals surface area (Å²) in [5.41, 5.74) is 1.43. The second-order valence-electron chi connectivity index (χ2n) is 6.42. The van der Waals surface area contributed by atoms with Crippen LogP contribution in [0, 0.1) is 15.9 Å². The maximum atomic E-state index is 13.9. The Balaban J connectivity index is 1.88. The van der Waals surface area contributed by atoms with Gasteiger partial charge in [0.25, 0.3) is 0 Å². The molecule has 2 heterocycles. The van der Waals surface area contributed by atoms with E-state index in [0.29, 0.717) is 31.5 Å². The van der Waals surface area contributed by atoms with Crippen molar-refractivity contribution < 1.29 is 14.4 Å². The maximum absolute atomic E-state index is 13.9. The Kier molecular flexibility index (Phi) is 5.32. The van der Waals surface area contributed by atoms with Crippen molar-refractivity contribution in [3.8, 4) is 0 Å². The first-order valence-corrected chi connectivity index (χ1v) is 8.54. The molecule has 0 radical (unpaired) electrons. The lowest BCUT2D eigenvalue weighted by Gasteiger charge is -2.34. The van der Waals surface area contributed by atoms with E-state index in [9.17, 15) is 19.6 Å². The number of aromatic nitrogens is 1. The van der Waals surface area contributed by atoms with Gasteiger partial charge in [-0.1, -0.05) is 0 Å². The summed E-state index contributed by atoms with van der Waals surface area (Å²) in [6.45, 7) is 3.17. The molecule has 2 N–H and O–H groups in total. The average molecular weight is 360 g/mol. The van der Waals surface area contributed by atoms with Crippen LogP contribution in [-0.4, -0.2) is 34.2 Å². The van der Waals surface area contributed by atoms with Crippen LogP contribution in [0.3, 0.4) is 0 Å². The smallest absolute Gasteiger partial charge is 0.311 e. The van der Waals surface area contributed by atoms with Crippen LogP contribution in [0.25, 0.3) is 0 Å². The lowest BCUT2D eigenvalue weighted by atomic mass is 10.0. The van der Waals surface area contributed by atoms with Gasteiger partial charge >= 0.3 is 5.69 Å². The number of nitrogens with one attached hydrogen (secondary N) is 1. The highest BCUT2D eigenvalue weighted by Gasteiger charge is 2.23. The quantitative estimate of drug-likeness (QED) is 0.628. The van der Waals surface area contributed by atoms with E-state index in [1.807, 2.05) is 6.92 Å². The van der Waals surface area contributed by atoms with E-state index in [1.165, 1.54) is 30.5 Å². The number of hydrogen-bond acceptors (Lipinski definition) is 6. The fraction of sp³-hybridized carbons (Fsp3) is 0.389. The summed E-state index contributed by atoms with van der Waals surface area (Å²) in [7, 11) is 0.